The first-order chi connectivity index (χ1) is 7.34. The van der Waals surface area contributed by atoms with Crippen molar-refractivity contribution < 1.29 is 9.53 Å². The fourth-order valence-corrected chi connectivity index (χ4v) is 1.79. The maximum Gasteiger partial charge on any atom is 0.222 e. The zero-order valence-electron chi connectivity index (χ0n) is 9.41. The fourth-order valence-electron chi connectivity index (χ4n) is 1.79. The summed E-state index contributed by atoms with van der Waals surface area (Å²) in [6, 6.07) is 0. The van der Waals surface area contributed by atoms with Gasteiger partial charge in [-0.1, -0.05) is 6.08 Å². The Bertz CT molecular complexity index is 198. The Balaban J connectivity index is 2.04. The van der Waals surface area contributed by atoms with E-state index in [1.807, 2.05) is 4.90 Å². The maximum absolute atomic E-state index is 11.7. The molecule has 15 heavy (non-hydrogen) atoms. The molecular weight excluding hydrogens is 190 g/mol. The molecular formula is C12H21NO2. The summed E-state index contributed by atoms with van der Waals surface area (Å²) < 4.78 is 5.23. The summed E-state index contributed by atoms with van der Waals surface area (Å²) in [4.78, 5) is 13.7. The van der Waals surface area contributed by atoms with Crippen LogP contribution in [-0.4, -0.2) is 37.1 Å². The van der Waals surface area contributed by atoms with Gasteiger partial charge in [-0.15, -0.1) is 6.58 Å². The molecule has 0 unspecified atom stereocenters. The second-order valence-electron chi connectivity index (χ2n) is 3.91. The summed E-state index contributed by atoms with van der Waals surface area (Å²) in [5, 5.41) is 0. The summed E-state index contributed by atoms with van der Waals surface area (Å²) >= 11 is 0. The third-order valence-electron chi connectivity index (χ3n) is 2.62. The van der Waals surface area contributed by atoms with Crippen LogP contribution in [-0.2, 0) is 9.53 Å². The predicted molar refractivity (Wildman–Crippen MR) is 60.7 cm³/mol. The van der Waals surface area contributed by atoms with E-state index in [4.69, 9.17) is 4.74 Å². The monoisotopic (exact) mass is 211 g/mol. The lowest BCUT2D eigenvalue weighted by Crippen LogP contribution is -2.35. The highest BCUT2D eigenvalue weighted by Crippen LogP contribution is 2.10. The first-order valence-corrected chi connectivity index (χ1v) is 5.81. The zero-order valence-corrected chi connectivity index (χ0v) is 9.41. The lowest BCUT2D eigenvalue weighted by Gasteiger charge is -2.26. The minimum atomic E-state index is 0.289. The van der Waals surface area contributed by atoms with Crippen LogP contribution in [0.25, 0.3) is 0 Å². The Hall–Kier alpha value is -0.830. The van der Waals surface area contributed by atoms with Crippen molar-refractivity contribution in [3.05, 3.63) is 12.7 Å². The Morgan fingerprint density at radius 3 is 2.73 bits per heavy atom. The third-order valence-corrected chi connectivity index (χ3v) is 2.62. The highest BCUT2D eigenvalue weighted by Gasteiger charge is 2.15. The second kappa shape index (κ2) is 7.46. The van der Waals surface area contributed by atoms with Crippen molar-refractivity contribution in [1.29, 1.82) is 0 Å². The topological polar surface area (TPSA) is 29.5 Å². The van der Waals surface area contributed by atoms with Gasteiger partial charge in [0.05, 0.1) is 6.61 Å². The van der Waals surface area contributed by atoms with Crippen molar-refractivity contribution in [2.75, 3.05) is 26.3 Å². The lowest BCUT2D eigenvalue weighted by molar-refractivity contribution is -0.132. The maximum atomic E-state index is 11.7. The molecule has 1 fully saturated rings. The van der Waals surface area contributed by atoms with Crippen LogP contribution >= 0.6 is 0 Å². The number of likely N-dealkylation sites (tertiary alicyclic amines) is 1. The van der Waals surface area contributed by atoms with E-state index in [-0.39, 0.29) is 5.91 Å². The molecule has 0 aromatic carbocycles. The number of ether oxygens (including phenoxy) is 1. The van der Waals surface area contributed by atoms with Crippen molar-refractivity contribution in [3.8, 4) is 0 Å². The zero-order chi connectivity index (χ0) is 10.9. The predicted octanol–water partition coefficient (Wildman–Crippen LogP) is 1.98. The van der Waals surface area contributed by atoms with Crippen LogP contribution in [0.3, 0.4) is 0 Å². The van der Waals surface area contributed by atoms with Crippen LogP contribution < -0.4 is 0 Å². The van der Waals surface area contributed by atoms with Crippen LogP contribution in [0, 0.1) is 0 Å². The Kier molecular flexibility index (Phi) is 6.09. The Morgan fingerprint density at radius 2 is 2.07 bits per heavy atom. The van der Waals surface area contributed by atoms with Crippen molar-refractivity contribution >= 4 is 5.91 Å². The van der Waals surface area contributed by atoms with E-state index in [0.29, 0.717) is 19.6 Å². The molecule has 0 bridgehead atoms. The Labute approximate surface area is 92.1 Å². The number of hydrogen-bond donors (Lipinski definition) is 0. The van der Waals surface area contributed by atoms with Gasteiger partial charge in [0, 0.05) is 26.1 Å². The molecule has 86 valence electrons. The molecule has 1 saturated heterocycles. The van der Waals surface area contributed by atoms with E-state index >= 15 is 0 Å². The minimum Gasteiger partial charge on any atom is -0.377 e. The van der Waals surface area contributed by atoms with Gasteiger partial charge >= 0.3 is 0 Å². The van der Waals surface area contributed by atoms with E-state index in [1.54, 1.807) is 6.08 Å². The molecule has 1 heterocycles. The van der Waals surface area contributed by atoms with Gasteiger partial charge in [0.15, 0.2) is 0 Å². The molecule has 3 heteroatoms. The first-order valence-electron chi connectivity index (χ1n) is 5.81. The third kappa shape index (κ3) is 4.98. The highest BCUT2D eigenvalue weighted by molar-refractivity contribution is 5.76. The molecule has 0 aromatic rings. The van der Waals surface area contributed by atoms with E-state index < -0.39 is 0 Å². The van der Waals surface area contributed by atoms with Crippen LogP contribution in [0.4, 0.5) is 0 Å². The molecule has 1 aliphatic rings. The average molecular weight is 211 g/mol. The van der Waals surface area contributed by atoms with Gasteiger partial charge in [0.2, 0.25) is 5.91 Å². The number of amides is 1. The summed E-state index contributed by atoms with van der Waals surface area (Å²) in [6.45, 7) is 6.71. The second-order valence-corrected chi connectivity index (χ2v) is 3.91. The molecule has 1 amide bonds. The summed E-state index contributed by atoms with van der Waals surface area (Å²) in [7, 11) is 0. The standard InChI is InChI=1S/C12H21NO2/c1-2-10-15-11-6-7-12(14)13-8-4-3-5-9-13/h2H,1,3-11H2. The molecule has 0 radical (unpaired) electrons. The normalized spacial score (nSPS) is 16.4. The molecule has 0 atom stereocenters. The number of carbonyl (C=O) groups is 1. The number of rotatable bonds is 6. The summed E-state index contributed by atoms with van der Waals surface area (Å²) in [5.74, 6) is 0.289. The van der Waals surface area contributed by atoms with Gasteiger partial charge in [-0.25, -0.2) is 0 Å². The van der Waals surface area contributed by atoms with E-state index in [0.717, 1.165) is 19.5 Å². The van der Waals surface area contributed by atoms with Gasteiger partial charge in [0.25, 0.3) is 0 Å². The van der Waals surface area contributed by atoms with Crippen LogP contribution in [0.1, 0.15) is 32.1 Å². The fraction of sp³-hybridized carbons (Fsp3) is 0.750. The minimum absolute atomic E-state index is 0.289. The smallest absolute Gasteiger partial charge is 0.222 e. The van der Waals surface area contributed by atoms with Gasteiger partial charge in [-0.05, 0) is 25.7 Å². The van der Waals surface area contributed by atoms with Crippen molar-refractivity contribution in [1.82, 2.24) is 4.90 Å². The first kappa shape index (κ1) is 12.2. The van der Waals surface area contributed by atoms with E-state index in [1.165, 1.54) is 19.3 Å². The van der Waals surface area contributed by atoms with E-state index in [2.05, 4.69) is 6.58 Å². The molecule has 3 nitrogen and oxygen atoms in total. The number of hydrogen-bond acceptors (Lipinski definition) is 2. The quantitative estimate of drug-likeness (QED) is 0.496. The molecule has 0 N–H and O–H groups in total. The molecule has 0 spiro atoms. The largest absolute Gasteiger partial charge is 0.377 e. The van der Waals surface area contributed by atoms with Gasteiger partial charge in [0.1, 0.15) is 0 Å². The molecule has 0 aromatic heterocycles. The van der Waals surface area contributed by atoms with Crippen molar-refractivity contribution in [3.63, 3.8) is 0 Å². The summed E-state index contributed by atoms with van der Waals surface area (Å²) in [6.07, 6.45) is 6.77. The number of piperidine rings is 1. The van der Waals surface area contributed by atoms with Crippen LogP contribution in [0.5, 0.6) is 0 Å². The molecule has 0 aliphatic carbocycles. The number of nitrogens with zero attached hydrogens (tertiary/aromatic N) is 1. The SMILES string of the molecule is C=CCOCCCC(=O)N1CCCCC1. The van der Waals surface area contributed by atoms with E-state index in [9.17, 15) is 4.79 Å². The molecule has 1 aliphatic heterocycles. The van der Waals surface area contributed by atoms with Crippen molar-refractivity contribution in [2.45, 2.75) is 32.1 Å². The summed E-state index contributed by atoms with van der Waals surface area (Å²) in [5.41, 5.74) is 0. The Morgan fingerprint density at radius 1 is 1.33 bits per heavy atom. The van der Waals surface area contributed by atoms with Crippen LogP contribution in [0.2, 0.25) is 0 Å². The molecule has 0 saturated carbocycles. The van der Waals surface area contributed by atoms with Crippen molar-refractivity contribution in [2.24, 2.45) is 0 Å². The average Bonchev–Trinajstić information content (AvgIpc) is 2.30. The lowest BCUT2D eigenvalue weighted by atomic mass is 10.1. The highest BCUT2D eigenvalue weighted by atomic mass is 16.5. The molecule has 1 rings (SSSR count). The van der Waals surface area contributed by atoms with Gasteiger partial charge < -0.3 is 9.64 Å². The van der Waals surface area contributed by atoms with Gasteiger partial charge in [-0.3, -0.25) is 4.79 Å². The number of carbonyl (C=O) groups excluding carboxylic acids is 1. The van der Waals surface area contributed by atoms with Crippen LogP contribution in [0.15, 0.2) is 12.7 Å². The van der Waals surface area contributed by atoms with Gasteiger partial charge in [-0.2, -0.15) is 0 Å².